The van der Waals surface area contributed by atoms with Crippen molar-refractivity contribution in [2.75, 3.05) is 41.7 Å². The standard InChI is InChI=1S/C28H28F3N9O/c29-28(30,31)25-21(2-1-10-32-25)26(41)34-20-7-3-18(4-8-20)17-39-12-14-40(15-13-39)27-33-11-9-23(36-27)35-24-16-22(37-38-24)19-5-6-19/h1-4,7-11,16,19H,5-6,12-15,17H2,(H,34,41)(H2,33,35,36,37,38). The molecular weight excluding hydrogens is 535 g/mol. The van der Waals surface area contributed by atoms with Gasteiger partial charge in [-0.25, -0.2) is 4.98 Å². The van der Waals surface area contributed by atoms with E-state index in [0.29, 0.717) is 29.9 Å². The number of aromatic amines is 1. The van der Waals surface area contributed by atoms with E-state index in [0.717, 1.165) is 55.5 Å². The van der Waals surface area contributed by atoms with Gasteiger partial charge in [-0.2, -0.15) is 23.3 Å². The number of nitrogens with zero attached hydrogens (tertiary/aromatic N) is 6. The Morgan fingerprint density at radius 3 is 2.49 bits per heavy atom. The quantitative estimate of drug-likeness (QED) is 0.280. The molecule has 212 valence electrons. The number of amides is 1. The highest BCUT2D eigenvalue weighted by atomic mass is 19.4. The molecule has 10 nitrogen and oxygen atoms in total. The topological polar surface area (TPSA) is 115 Å². The number of hydrogen-bond acceptors (Lipinski definition) is 8. The molecule has 2 aliphatic rings. The van der Waals surface area contributed by atoms with Gasteiger partial charge in [0.15, 0.2) is 11.5 Å². The lowest BCUT2D eigenvalue weighted by Crippen LogP contribution is -2.46. The molecule has 3 N–H and O–H groups in total. The van der Waals surface area contributed by atoms with Crippen LogP contribution in [0.15, 0.2) is 60.9 Å². The number of carbonyl (C=O) groups is 1. The molecule has 0 unspecified atom stereocenters. The van der Waals surface area contributed by atoms with Gasteiger partial charge < -0.3 is 15.5 Å². The predicted octanol–water partition coefficient (Wildman–Crippen LogP) is 4.81. The summed E-state index contributed by atoms with van der Waals surface area (Å²) >= 11 is 0. The lowest BCUT2D eigenvalue weighted by atomic mass is 10.1. The van der Waals surface area contributed by atoms with Crippen molar-refractivity contribution in [3.05, 3.63) is 83.4 Å². The molecule has 4 heterocycles. The van der Waals surface area contributed by atoms with Gasteiger partial charge in [-0.05, 0) is 48.7 Å². The van der Waals surface area contributed by atoms with Crippen molar-refractivity contribution >= 4 is 29.2 Å². The molecule has 1 aromatic carbocycles. The average molecular weight is 564 g/mol. The number of benzene rings is 1. The van der Waals surface area contributed by atoms with Crippen molar-refractivity contribution in [2.24, 2.45) is 0 Å². The molecule has 0 bridgehead atoms. The zero-order chi connectivity index (χ0) is 28.4. The van der Waals surface area contributed by atoms with Crippen LogP contribution in [0.5, 0.6) is 0 Å². The highest BCUT2D eigenvalue weighted by Crippen LogP contribution is 2.39. The van der Waals surface area contributed by atoms with Crippen molar-refractivity contribution < 1.29 is 18.0 Å². The van der Waals surface area contributed by atoms with E-state index in [1.807, 2.05) is 24.3 Å². The Bertz CT molecular complexity index is 1510. The number of halogens is 3. The van der Waals surface area contributed by atoms with Gasteiger partial charge in [0.05, 0.1) is 5.56 Å². The largest absolute Gasteiger partial charge is 0.434 e. The van der Waals surface area contributed by atoms with Gasteiger partial charge in [-0.15, -0.1) is 0 Å². The number of pyridine rings is 1. The normalized spacial score (nSPS) is 16.0. The van der Waals surface area contributed by atoms with Crippen molar-refractivity contribution in [1.82, 2.24) is 30.0 Å². The second-order valence-corrected chi connectivity index (χ2v) is 10.2. The number of piperazine rings is 1. The van der Waals surface area contributed by atoms with Gasteiger partial charge in [0, 0.05) is 68.5 Å². The van der Waals surface area contributed by atoms with E-state index in [2.05, 4.69) is 45.6 Å². The van der Waals surface area contributed by atoms with Crippen LogP contribution in [0, 0.1) is 0 Å². The molecular formula is C28H28F3N9O. The third-order valence-electron chi connectivity index (χ3n) is 7.11. The molecule has 2 fully saturated rings. The molecule has 0 atom stereocenters. The minimum absolute atomic E-state index is 0.407. The highest BCUT2D eigenvalue weighted by molar-refractivity contribution is 6.05. The highest BCUT2D eigenvalue weighted by Gasteiger charge is 2.37. The molecule has 4 aromatic rings. The Kier molecular flexibility index (Phi) is 7.26. The van der Waals surface area contributed by atoms with E-state index in [1.165, 1.54) is 18.9 Å². The van der Waals surface area contributed by atoms with Crippen LogP contribution < -0.4 is 15.5 Å². The third kappa shape index (κ3) is 6.46. The fraction of sp³-hybridized carbons (Fsp3) is 0.321. The summed E-state index contributed by atoms with van der Waals surface area (Å²) in [4.78, 5) is 29.4. The van der Waals surface area contributed by atoms with E-state index >= 15 is 0 Å². The number of nitrogens with one attached hydrogen (secondary N) is 3. The molecule has 3 aromatic heterocycles. The van der Waals surface area contributed by atoms with Crippen molar-refractivity contribution in [2.45, 2.75) is 31.5 Å². The van der Waals surface area contributed by atoms with Crippen LogP contribution in [-0.2, 0) is 12.7 Å². The summed E-state index contributed by atoms with van der Waals surface area (Å²) in [7, 11) is 0. The minimum atomic E-state index is -4.71. The maximum Gasteiger partial charge on any atom is 0.434 e. The van der Waals surface area contributed by atoms with Crippen LogP contribution in [0.3, 0.4) is 0 Å². The Labute approximate surface area is 234 Å². The van der Waals surface area contributed by atoms with Crippen LogP contribution in [0.2, 0.25) is 0 Å². The van der Waals surface area contributed by atoms with Gasteiger partial charge in [-0.3, -0.25) is 19.8 Å². The van der Waals surface area contributed by atoms with Crippen LogP contribution in [0.4, 0.5) is 36.4 Å². The Morgan fingerprint density at radius 1 is 0.976 bits per heavy atom. The molecule has 1 saturated carbocycles. The average Bonchev–Trinajstić information content (AvgIpc) is 3.72. The van der Waals surface area contributed by atoms with Gasteiger partial charge in [0.2, 0.25) is 5.95 Å². The zero-order valence-corrected chi connectivity index (χ0v) is 22.0. The van der Waals surface area contributed by atoms with Gasteiger partial charge in [0.25, 0.3) is 5.91 Å². The summed E-state index contributed by atoms with van der Waals surface area (Å²) in [5.41, 5.74) is 0.866. The summed E-state index contributed by atoms with van der Waals surface area (Å²) in [6.07, 6.45) is 0.451. The number of aromatic nitrogens is 5. The van der Waals surface area contributed by atoms with E-state index in [9.17, 15) is 18.0 Å². The molecule has 13 heteroatoms. The van der Waals surface area contributed by atoms with E-state index in [4.69, 9.17) is 0 Å². The maximum absolute atomic E-state index is 13.2. The molecule has 1 aliphatic heterocycles. The van der Waals surface area contributed by atoms with E-state index in [1.54, 1.807) is 18.3 Å². The van der Waals surface area contributed by atoms with Crippen molar-refractivity contribution in [3.63, 3.8) is 0 Å². The predicted molar refractivity (Wildman–Crippen MR) is 147 cm³/mol. The van der Waals surface area contributed by atoms with Crippen LogP contribution in [0.25, 0.3) is 0 Å². The monoisotopic (exact) mass is 563 g/mol. The van der Waals surface area contributed by atoms with E-state index < -0.39 is 23.3 Å². The number of alkyl halides is 3. The number of rotatable bonds is 8. The van der Waals surface area contributed by atoms with Crippen molar-refractivity contribution in [3.8, 4) is 0 Å². The molecule has 6 rings (SSSR count). The van der Waals surface area contributed by atoms with Gasteiger partial charge >= 0.3 is 6.18 Å². The maximum atomic E-state index is 13.2. The lowest BCUT2D eigenvalue weighted by molar-refractivity contribution is -0.141. The summed E-state index contributed by atoms with van der Waals surface area (Å²) in [6, 6.07) is 13.4. The fourth-order valence-electron chi connectivity index (χ4n) is 4.78. The molecule has 1 aliphatic carbocycles. The lowest BCUT2D eigenvalue weighted by Gasteiger charge is -2.34. The van der Waals surface area contributed by atoms with Crippen LogP contribution in [-0.4, -0.2) is 62.1 Å². The molecule has 0 spiro atoms. The second-order valence-electron chi connectivity index (χ2n) is 10.2. The number of carbonyl (C=O) groups excluding carboxylic acids is 1. The Morgan fingerprint density at radius 2 is 1.76 bits per heavy atom. The number of anilines is 4. The molecule has 41 heavy (non-hydrogen) atoms. The zero-order valence-electron chi connectivity index (χ0n) is 22.0. The van der Waals surface area contributed by atoms with Gasteiger partial charge in [0.1, 0.15) is 5.82 Å². The minimum Gasteiger partial charge on any atom is -0.338 e. The molecule has 0 radical (unpaired) electrons. The third-order valence-corrected chi connectivity index (χ3v) is 7.11. The Balaban J connectivity index is 1.00. The smallest absolute Gasteiger partial charge is 0.338 e. The summed E-state index contributed by atoms with van der Waals surface area (Å²) < 4.78 is 39.6. The first-order chi connectivity index (χ1) is 19.8. The Hall–Kier alpha value is -4.52. The first kappa shape index (κ1) is 26.7. The first-order valence-electron chi connectivity index (χ1n) is 13.4. The van der Waals surface area contributed by atoms with Crippen LogP contribution >= 0.6 is 0 Å². The molecule has 1 saturated heterocycles. The first-order valence-corrected chi connectivity index (χ1v) is 13.4. The summed E-state index contributed by atoms with van der Waals surface area (Å²) in [5, 5.41) is 13.2. The van der Waals surface area contributed by atoms with Crippen LogP contribution in [0.1, 0.15) is 46.1 Å². The van der Waals surface area contributed by atoms with E-state index in [-0.39, 0.29) is 0 Å². The fourth-order valence-corrected chi connectivity index (χ4v) is 4.78. The number of hydrogen-bond donors (Lipinski definition) is 3. The SMILES string of the molecule is O=C(Nc1ccc(CN2CCN(c3nccc(Nc4cc(C5CC5)[nH]n4)n3)CC2)cc1)c1cccnc1C(F)(F)F. The van der Waals surface area contributed by atoms with Crippen molar-refractivity contribution in [1.29, 1.82) is 0 Å². The molecule has 1 amide bonds. The summed E-state index contributed by atoms with van der Waals surface area (Å²) in [5.74, 6) is 1.84. The summed E-state index contributed by atoms with van der Waals surface area (Å²) in [6.45, 7) is 3.85. The van der Waals surface area contributed by atoms with Gasteiger partial charge in [-0.1, -0.05) is 12.1 Å². The number of H-pyrrole nitrogens is 1. The second kappa shape index (κ2) is 11.2.